The van der Waals surface area contributed by atoms with Crippen LogP contribution in [0.25, 0.3) is 0 Å². The van der Waals surface area contributed by atoms with Crippen LogP contribution in [0.5, 0.6) is 0 Å². The van der Waals surface area contributed by atoms with Gasteiger partial charge in [-0.2, -0.15) is 0 Å². The molecule has 6 heavy (non-hydrogen) atoms. The van der Waals surface area contributed by atoms with E-state index in [1.165, 1.54) is 0 Å². The van der Waals surface area contributed by atoms with E-state index in [0.29, 0.717) is 0 Å². The number of rotatable bonds is 1. The zero-order valence-corrected chi connectivity index (χ0v) is 6.23. The van der Waals surface area contributed by atoms with E-state index in [2.05, 4.69) is 6.07 Å². The molecule has 34 valence electrons. The largest absolute Gasteiger partial charge is 1.00 e. The van der Waals surface area contributed by atoms with Crippen molar-refractivity contribution in [3.63, 3.8) is 0 Å². The number of hydrogen-bond acceptors (Lipinski definition) is 1. The Labute approximate surface area is 52.7 Å². The maximum absolute atomic E-state index is 8.09. The van der Waals surface area contributed by atoms with Crippen molar-refractivity contribution >= 4 is 22.3 Å². The molecule has 0 aromatic carbocycles. The van der Waals surface area contributed by atoms with Gasteiger partial charge in [-0.1, -0.05) is 0 Å². The van der Waals surface area contributed by atoms with Crippen LogP contribution in [0.1, 0.15) is 8.35 Å². The van der Waals surface area contributed by atoms with E-state index >= 15 is 0 Å². The molecule has 0 rings (SSSR count). The molecule has 0 aromatic rings. The Balaban J connectivity index is 0. The molecule has 1 unspecified atom stereocenters. The second kappa shape index (κ2) is 3.47. The molecule has 0 aromatic heterocycles. The first-order chi connectivity index (χ1) is 2.81. The average molecular weight is 198 g/mol. The van der Waals surface area contributed by atoms with E-state index in [1.54, 1.807) is 22.3 Å². The minimum absolute atomic E-state index is 0. The van der Waals surface area contributed by atoms with E-state index in [0.717, 1.165) is 4.47 Å². The fourth-order valence-corrected chi connectivity index (χ4v) is 0.274. The second-order valence-corrected chi connectivity index (χ2v) is 2.25. The van der Waals surface area contributed by atoms with E-state index in [9.17, 15) is 0 Å². The third kappa shape index (κ3) is 2.51. The van der Waals surface area contributed by atoms with E-state index in [4.69, 9.17) is 5.26 Å². The van der Waals surface area contributed by atoms with Crippen LogP contribution in [0, 0.1) is 17.2 Å². The van der Waals surface area contributed by atoms with E-state index in [1.807, 2.05) is 6.92 Å². The van der Waals surface area contributed by atoms with E-state index in [-0.39, 0.29) is 7.34 Å². The maximum atomic E-state index is 8.09. The molecule has 0 N–H and O–H groups in total. The van der Waals surface area contributed by atoms with Gasteiger partial charge < -0.3 is 0 Å². The van der Waals surface area contributed by atoms with Crippen LogP contribution in [0.2, 0.25) is 4.47 Å². The molecule has 2 heteroatoms. The molecule has 0 heterocycles. The van der Waals surface area contributed by atoms with Crippen LogP contribution in [0.15, 0.2) is 0 Å². The first kappa shape index (κ1) is 6.28. The normalized spacial score (nSPS) is 12.8. The van der Waals surface area contributed by atoms with Crippen molar-refractivity contribution in [3.05, 3.63) is 0 Å². The molecular formula is C4H8NTe+. The number of hydrogen-bond donors (Lipinski definition) is 0. The first-order valence-corrected chi connectivity index (χ1v) is 3.62. The van der Waals surface area contributed by atoms with Crippen LogP contribution >= 0.6 is 0 Å². The first-order valence-electron chi connectivity index (χ1n) is 1.81. The van der Waals surface area contributed by atoms with Gasteiger partial charge in [0.1, 0.15) is 0 Å². The summed E-state index contributed by atoms with van der Waals surface area (Å²) in [5, 5.41) is 8.09. The molecule has 0 spiro atoms. The Kier molecular flexibility index (Phi) is 3.63. The fraction of sp³-hybridized carbons (Fsp3) is 0.750. The summed E-state index contributed by atoms with van der Waals surface area (Å²) in [6.45, 7) is 1.93. The van der Waals surface area contributed by atoms with Crippen LogP contribution in [0.4, 0.5) is 0 Å². The molecule has 1 atom stereocenters. The van der Waals surface area contributed by atoms with Crippen molar-refractivity contribution in [2.24, 2.45) is 5.92 Å². The molecule has 0 radical (unpaired) electrons. The van der Waals surface area contributed by atoms with Crippen molar-refractivity contribution in [2.75, 3.05) is 0 Å². The smallest absolute Gasteiger partial charge is 1.00 e. The summed E-state index contributed by atoms with van der Waals surface area (Å²) in [6, 6.07) is 2.13. The van der Waals surface area contributed by atoms with Gasteiger partial charge in [0.15, 0.2) is 0 Å². The molecule has 0 saturated carbocycles. The molecule has 0 aliphatic carbocycles. The Hall–Kier alpha value is 0.280. The zero-order valence-electron chi connectivity index (χ0n) is 4.68. The van der Waals surface area contributed by atoms with Gasteiger partial charge >= 0.3 is 52.4 Å². The van der Waals surface area contributed by atoms with Gasteiger partial charge in [-0.15, -0.1) is 0 Å². The van der Waals surface area contributed by atoms with Gasteiger partial charge in [0, 0.05) is 0 Å². The van der Waals surface area contributed by atoms with Crippen LogP contribution in [0.3, 0.4) is 0 Å². The van der Waals surface area contributed by atoms with Crippen molar-refractivity contribution < 1.29 is 1.43 Å². The maximum Gasteiger partial charge on any atom is 1.00 e. The van der Waals surface area contributed by atoms with Gasteiger partial charge in [0.05, 0.1) is 0 Å². The third-order valence-electron chi connectivity index (χ3n) is 0.494. The molecular weight excluding hydrogens is 190 g/mol. The van der Waals surface area contributed by atoms with Gasteiger partial charge in [-0.3, -0.25) is 0 Å². The fourth-order valence-electron chi connectivity index (χ4n) is 0.0408. The summed E-state index contributed by atoms with van der Waals surface area (Å²) in [7, 11) is 0. The Morgan fingerprint density at radius 2 is 2.67 bits per heavy atom. The molecule has 0 amide bonds. The Bertz CT molecular complexity index is 68.6. The zero-order chi connectivity index (χ0) is 4.99. The summed E-state index contributed by atoms with van der Waals surface area (Å²) in [5.41, 5.74) is 0. The standard InChI is InChI=1S/C4H7NTe/c1-4(2-5)3-6/h4,6H,3H2,1H3/p+1. The van der Waals surface area contributed by atoms with Crippen LogP contribution in [-0.4, -0.2) is 22.3 Å². The Morgan fingerprint density at radius 3 is 2.67 bits per heavy atom. The minimum Gasteiger partial charge on any atom is 1.00 e. The molecule has 1 nitrogen and oxygen atoms in total. The van der Waals surface area contributed by atoms with Crippen molar-refractivity contribution in [2.45, 2.75) is 11.4 Å². The molecule has 0 aliphatic rings. The van der Waals surface area contributed by atoms with Crippen LogP contribution < -0.4 is 0 Å². The molecule has 0 fully saturated rings. The summed E-state index contributed by atoms with van der Waals surface area (Å²) in [6.07, 6.45) is 0. The molecule has 0 aliphatic heterocycles. The van der Waals surface area contributed by atoms with E-state index < -0.39 is 0 Å². The van der Waals surface area contributed by atoms with Crippen molar-refractivity contribution in [1.82, 2.24) is 0 Å². The summed E-state index contributed by atoms with van der Waals surface area (Å²) >= 11 is 1.70. The van der Waals surface area contributed by atoms with Crippen molar-refractivity contribution in [3.8, 4) is 6.07 Å². The summed E-state index contributed by atoms with van der Waals surface area (Å²) in [5.74, 6) is 0.263. The van der Waals surface area contributed by atoms with Gasteiger partial charge in [-0.05, 0) is 0 Å². The predicted molar refractivity (Wildman–Crippen MR) is 27.8 cm³/mol. The van der Waals surface area contributed by atoms with Gasteiger partial charge in [0.2, 0.25) is 0 Å². The van der Waals surface area contributed by atoms with Gasteiger partial charge in [0.25, 0.3) is 0 Å². The van der Waals surface area contributed by atoms with Crippen molar-refractivity contribution in [1.29, 1.82) is 5.26 Å². The topological polar surface area (TPSA) is 23.8 Å². The van der Waals surface area contributed by atoms with Gasteiger partial charge in [-0.25, -0.2) is 0 Å². The Morgan fingerprint density at radius 1 is 2.17 bits per heavy atom. The minimum atomic E-state index is 0. The number of nitriles is 1. The number of nitrogens with zero attached hydrogens (tertiary/aromatic N) is 1. The SMILES string of the molecule is CC(C#N)C[TeH].[H+]. The summed E-state index contributed by atoms with van der Waals surface area (Å²) in [4.78, 5) is 0. The monoisotopic (exact) mass is 200 g/mol. The van der Waals surface area contributed by atoms with Crippen LogP contribution in [-0.2, 0) is 0 Å². The summed E-state index contributed by atoms with van der Waals surface area (Å²) < 4.78 is 1.02. The second-order valence-electron chi connectivity index (χ2n) is 1.21. The third-order valence-corrected chi connectivity index (χ3v) is 2.06. The quantitative estimate of drug-likeness (QED) is 0.565. The average Bonchev–Trinajstić information content (AvgIpc) is 1.65. The molecule has 0 saturated heterocycles. The predicted octanol–water partition coefficient (Wildman–Crippen LogP) is 0.578. The molecule has 0 bridgehead atoms.